The summed E-state index contributed by atoms with van der Waals surface area (Å²) < 4.78 is 45.2. The van der Waals surface area contributed by atoms with Crippen molar-refractivity contribution in [3.05, 3.63) is 34.3 Å². The Hall–Kier alpha value is -0.240. The first-order chi connectivity index (χ1) is 11.5. The Morgan fingerprint density at radius 3 is 2.31 bits per heavy atom. The second kappa shape index (κ2) is 10.3. The number of hydrogen-bond donors (Lipinski definition) is 1. The van der Waals surface area contributed by atoms with E-state index >= 15 is 0 Å². The van der Waals surface area contributed by atoms with Crippen LogP contribution in [0.5, 0.6) is 0 Å². The standard InChI is InChI=1S/C17H22ClF3N2O.2ClH/c18-15-2-1-13(11-14(15)17(19,20)21)16(12-3-9-24-10-4-12)23-7-5-22-6-8-23;;/h1-2,11-12,16,22H,3-10H2;2*1H/t16-;;/m0../s1. The molecule has 9 heteroatoms. The molecule has 1 aromatic rings. The molecule has 1 N–H and O–H groups in total. The van der Waals surface area contributed by atoms with Gasteiger partial charge in [0.05, 0.1) is 10.6 Å². The van der Waals surface area contributed by atoms with Crippen LogP contribution in [0.3, 0.4) is 0 Å². The molecule has 150 valence electrons. The van der Waals surface area contributed by atoms with Gasteiger partial charge in [-0.1, -0.05) is 17.7 Å². The third kappa shape index (κ3) is 5.63. The van der Waals surface area contributed by atoms with Gasteiger partial charge in [-0.3, -0.25) is 4.90 Å². The number of nitrogens with one attached hydrogen (secondary N) is 1. The van der Waals surface area contributed by atoms with Crippen LogP contribution in [-0.2, 0) is 10.9 Å². The van der Waals surface area contributed by atoms with Crippen LogP contribution in [0, 0.1) is 5.92 Å². The van der Waals surface area contributed by atoms with Gasteiger partial charge in [-0.05, 0) is 36.5 Å². The summed E-state index contributed by atoms with van der Waals surface area (Å²) in [5.74, 6) is 0.305. The van der Waals surface area contributed by atoms with Crippen LogP contribution in [0.4, 0.5) is 13.2 Å². The first kappa shape index (κ1) is 23.8. The van der Waals surface area contributed by atoms with Gasteiger partial charge in [0.15, 0.2) is 0 Å². The Morgan fingerprint density at radius 1 is 1.12 bits per heavy atom. The van der Waals surface area contributed by atoms with Crippen molar-refractivity contribution in [2.45, 2.75) is 25.1 Å². The van der Waals surface area contributed by atoms with Crippen molar-refractivity contribution >= 4 is 36.4 Å². The van der Waals surface area contributed by atoms with Gasteiger partial charge in [0.1, 0.15) is 0 Å². The van der Waals surface area contributed by atoms with E-state index in [9.17, 15) is 13.2 Å². The molecule has 2 aliphatic heterocycles. The number of benzene rings is 1. The summed E-state index contributed by atoms with van der Waals surface area (Å²) in [6.45, 7) is 4.75. The lowest BCUT2D eigenvalue weighted by Crippen LogP contribution is -2.47. The van der Waals surface area contributed by atoms with Crippen LogP contribution in [0.1, 0.15) is 30.0 Å². The fourth-order valence-electron chi connectivity index (χ4n) is 3.72. The number of hydrogen-bond acceptors (Lipinski definition) is 3. The topological polar surface area (TPSA) is 24.5 Å². The fourth-order valence-corrected chi connectivity index (χ4v) is 3.94. The molecular formula is C17H24Cl3F3N2O. The van der Waals surface area contributed by atoms with Crippen molar-refractivity contribution < 1.29 is 17.9 Å². The van der Waals surface area contributed by atoms with Gasteiger partial charge < -0.3 is 10.1 Å². The lowest BCUT2D eigenvalue weighted by molar-refractivity contribution is -0.137. The third-order valence-electron chi connectivity index (χ3n) is 4.89. The number of piperazine rings is 1. The molecule has 0 radical (unpaired) electrons. The van der Waals surface area contributed by atoms with Crippen LogP contribution in [0.25, 0.3) is 0 Å². The van der Waals surface area contributed by atoms with E-state index in [0.717, 1.165) is 39.0 Å². The molecule has 0 spiro atoms. The van der Waals surface area contributed by atoms with E-state index < -0.39 is 11.7 Å². The van der Waals surface area contributed by atoms with Crippen molar-refractivity contribution in [1.82, 2.24) is 10.2 Å². The van der Waals surface area contributed by atoms with Crippen LogP contribution in [0.15, 0.2) is 18.2 Å². The summed E-state index contributed by atoms with van der Waals surface area (Å²) in [7, 11) is 0. The maximum atomic E-state index is 13.2. The zero-order chi connectivity index (χ0) is 17.2. The third-order valence-corrected chi connectivity index (χ3v) is 5.22. The molecule has 0 bridgehead atoms. The molecule has 2 fully saturated rings. The Balaban J connectivity index is 0.00000169. The molecule has 0 unspecified atom stereocenters. The highest BCUT2D eigenvalue weighted by molar-refractivity contribution is 6.31. The first-order valence-corrected chi connectivity index (χ1v) is 8.74. The van der Waals surface area contributed by atoms with Gasteiger partial charge in [-0.25, -0.2) is 0 Å². The lowest BCUT2D eigenvalue weighted by Gasteiger charge is -2.41. The Bertz CT molecular complexity index is 545. The predicted octanol–water partition coefficient (Wildman–Crippen LogP) is 4.58. The summed E-state index contributed by atoms with van der Waals surface area (Å²) in [6, 6.07) is 4.35. The summed E-state index contributed by atoms with van der Waals surface area (Å²) in [5.41, 5.74) is -0.0330. The van der Waals surface area contributed by atoms with Gasteiger partial charge in [-0.15, -0.1) is 24.8 Å². The monoisotopic (exact) mass is 434 g/mol. The molecular weight excluding hydrogens is 412 g/mol. The maximum absolute atomic E-state index is 13.2. The highest BCUT2D eigenvalue weighted by Crippen LogP contribution is 2.40. The summed E-state index contributed by atoms with van der Waals surface area (Å²) in [6.07, 6.45) is -2.69. The van der Waals surface area contributed by atoms with Crippen molar-refractivity contribution in [2.75, 3.05) is 39.4 Å². The Kier molecular flexibility index (Phi) is 9.47. The summed E-state index contributed by atoms with van der Waals surface area (Å²) >= 11 is 5.79. The minimum absolute atomic E-state index is 0. The van der Waals surface area contributed by atoms with Crippen molar-refractivity contribution in [2.24, 2.45) is 5.92 Å². The zero-order valence-electron chi connectivity index (χ0n) is 14.2. The van der Waals surface area contributed by atoms with Crippen LogP contribution in [0.2, 0.25) is 5.02 Å². The maximum Gasteiger partial charge on any atom is 0.417 e. The first-order valence-electron chi connectivity index (χ1n) is 8.36. The molecule has 2 heterocycles. The van der Waals surface area contributed by atoms with E-state index in [-0.39, 0.29) is 35.9 Å². The van der Waals surface area contributed by atoms with Gasteiger partial charge >= 0.3 is 6.18 Å². The van der Waals surface area contributed by atoms with E-state index in [1.54, 1.807) is 6.07 Å². The van der Waals surface area contributed by atoms with Crippen molar-refractivity contribution in [3.8, 4) is 0 Å². The highest BCUT2D eigenvalue weighted by Gasteiger charge is 2.36. The smallest absolute Gasteiger partial charge is 0.381 e. The second-order valence-corrected chi connectivity index (χ2v) is 6.82. The average molecular weight is 436 g/mol. The molecule has 0 aliphatic carbocycles. The molecule has 26 heavy (non-hydrogen) atoms. The minimum atomic E-state index is -4.43. The minimum Gasteiger partial charge on any atom is -0.381 e. The number of ether oxygens (including phenoxy) is 1. The molecule has 1 atom stereocenters. The van der Waals surface area contributed by atoms with Crippen molar-refractivity contribution in [1.29, 1.82) is 0 Å². The van der Waals surface area contributed by atoms with E-state index in [2.05, 4.69) is 10.2 Å². The lowest BCUT2D eigenvalue weighted by atomic mass is 9.85. The Morgan fingerprint density at radius 2 is 1.73 bits per heavy atom. The Labute approximate surface area is 169 Å². The van der Waals surface area contributed by atoms with Gasteiger partial charge in [0.25, 0.3) is 0 Å². The molecule has 1 aromatic carbocycles. The van der Waals surface area contributed by atoms with E-state index in [1.807, 2.05) is 0 Å². The largest absolute Gasteiger partial charge is 0.417 e. The molecule has 0 amide bonds. The number of rotatable bonds is 3. The van der Waals surface area contributed by atoms with Gasteiger partial charge in [-0.2, -0.15) is 13.2 Å². The predicted molar refractivity (Wildman–Crippen MR) is 102 cm³/mol. The molecule has 0 saturated carbocycles. The van der Waals surface area contributed by atoms with E-state index in [4.69, 9.17) is 16.3 Å². The molecule has 2 aliphatic rings. The number of halogens is 6. The summed E-state index contributed by atoms with van der Waals surface area (Å²) in [4.78, 5) is 2.30. The molecule has 2 saturated heterocycles. The number of nitrogens with zero attached hydrogens (tertiary/aromatic N) is 1. The zero-order valence-corrected chi connectivity index (χ0v) is 16.6. The van der Waals surface area contributed by atoms with Gasteiger partial charge in [0.2, 0.25) is 0 Å². The van der Waals surface area contributed by atoms with Crippen LogP contribution >= 0.6 is 36.4 Å². The van der Waals surface area contributed by atoms with Crippen LogP contribution < -0.4 is 5.32 Å². The molecule has 3 nitrogen and oxygen atoms in total. The molecule has 0 aromatic heterocycles. The van der Waals surface area contributed by atoms with Gasteiger partial charge in [0, 0.05) is 45.4 Å². The highest BCUT2D eigenvalue weighted by atomic mass is 35.5. The summed E-state index contributed by atoms with van der Waals surface area (Å²) in [5, 5.41) is 3.06. The SMILES string of the molecule is Cl.Cl.FC(F)(F)c1cc([C@H](C2CCOCC2)N2CCNCC2)ccc1Cl. The normalized spacial score (nSPS) is 20.8. The molecule has 3 rings (SSSR count). The second-order valence-electron chi connectivity index (χ2n) is 6.42. The average Bonchev–Trinajstić information content (AvgIpc) is 2.57. The van der Waals surface area contributed by atoms with Crippen molar-refractivity contribution in [3.63, 3.8) is 0 Å². The quantitative estimate of drug-likeness (QED) is 0.752. The van der Waals surface area contributed by atoms with E-state index in [1.165, 1.54) is 12.1 Å². The fraction of sp³-hybridized carbons (Fsp3) is 0.647. The number of alkyl halides is 3. The van der Waals surface area contributed by atoms with Crippen LogP contribution in [-0.4, -0.2) is 44.3 Å². The van der Waals surface area contributed by atoms with E-state index in [0.29, 0.717) is 24.7 Å².